The van der Waals surface area contributed by atoms with Crippen LogP contribution in [-0.4, -0.2) is 24.0 Å². The third kappa shape index (κ3) is 2.61. The molecule has 2 N–H and O–H groups in total. The van der Waals surface area contributed by atoms with E-state index in [0.717, 1.165) is 11.1 Å². The van der Waals surface area contributed by atoms with E-state index in [4.69, 9.17) is 0 Å². The minimum atomic E-state index is -4.06. The highest BCUT2D eigenvalue weighted by atomic mass is 19.3. The molecule has 0 saturated heterocycles. The van der Waals surface area contributed by atoms with Crippen molar-refractivity contribution in [2.75, 3.05) is 6.54 Å². The van der Waals surface area contributed by atoms with Crippen LogP contribution in [0.5, 0.6) is 5.75 Å². The highest BCUT2D eigenvalue weighted by molar-refractivity contribution is 5.50. The lowest BCUT2D eigenvalue weighted by molar-refractivity contribution is -0.126. The topological polar surface area (TPSA) is 32.3 Å². The number of fused-ring (bicyclic) bond motifs is 1. The Kier molecular flexibility index (Phi) is 3.95. The molecule has 2 atom stereocenters. The Morgan fingerprint density at radius 3 is 2.60 bits per heavy atom. The van der Waals surface area contributed by atoms with Gasteiger partial charge in [0, 0.05) is 11.6 Å². The van der Waals surface area contributed by atoms with Crippen LogP contribution in [0.25, 0.3) is 0 Å². The molecule has 0 saturated carbocycles. The molecule has 0 radical (unpaired) electrons. The number of benzene rings is 1. The van der Waals surface area contributed by atoms with Gasteiger partial charge in [0.1, 0.15) is 5.75 Å². The zero-order valence-corrected chi connectivity index (χ0v) is 11.3. The second kappa shape index (κ2) is 5.24. The van der Waals surface area contributed by atoms with Crippen LogP contribution >= 0.6 is 0 Å². The maximum atomic E-state index is 13.0. The van der Waals surface area contributed by atoms with Crippen LogP contribution in [0, 0.1) is 6.92 Å². The molecule has 2 rings (SSSR count). The van der Waals surface area contributed by atoms with E-state index in [-0.39, 0.29) is 11.7 Å². The lowest BCUT2D eigenvalue weighted by atomic mass is 9.97. The molecule has 0 spiro atoms. The Balaban J connectivity index is 2.21. The van der Waals surface area contributed by atoms with Crippen molar-refractivity contribution >= 4 is 0 Å². The molecule has 20 heavy (non-hydrogen) atoms. The van der Waals surface area contributed by atoms with Crippen molar-refractivity contribution in [3.8, 4) is 5.75 Å². The minimum Gasteiger partial charge on any atom is -0.508 e. The quantitative estimate of drug-likeness (QED) is 0.828. The largest absolute Gasteiger partial charge is 0.508 e. The predicted molar refractivity (Wildman–Crippen MR) is 67.6 cm³/mol. The van der Waals surface area contributed by atoms with E-state index in [1.54, 1.807) is 6.07 Å². The predicted octanol–water partition coefficient (Wildman–Crippen LogP) is 3.74. The van der Waals surface area contributed by atoms with Gasteiger partial charge in [0.2, 0.25) is 0 Å². The number of nitrogens with one attached hydrogen (secondary N) is 1. The average molecular weight is 291 g/mol. The van der Waals surface area contributed by atoms with Gasteiger partial charge in [0.15, 0.2) is 0 Å². The SMILES string of the molecule is Cc1ccc(O)c2c1C(C)CC2NCC(F)(F)C(F)F. The normalized spacial score (nSPS) is 22.4. The number of hydrogen-bond donors (Lipinski definition) is 2. The molecule has 2 nitrogen and oxygen atoms in total. The molecular formula is C14H17F4NO. The Morgan fingerprint density at radius 1 is 1.35 bits per heavy atom. The van der Waals surface area contributed by atoms with Crippen LogP contribution in [0.4, 0.5) is 17.6 Å². The van der Waals surface area contributed by atoms with Crippen molar-refractivity contribution in [3.63, 3.8) is 0 Å². The Hall–Kier alpha value is -1.30. The van der Waals surface area contributed by atoms with E-state index in [2.05, 4.69) is 5.32 Å². The van der Waals surface area contributed by atoms with Crippen LogP contribution in [0.3, 0.4) is 0 Å². The second-order valence-electron chi connectivity index (χ2n) is 5.36. The number of alkyl halides is 4. The van der Waals surface area contributed by atoms with Crippen LogP contribution in [-0.2, 0) is 0 Å². The summed E-state index contributed by atoms with van der Waals surface area (Å²) in [4.78, 5) is 0. The fraction of sp³-hybridized carbons (Fsp3) is 0.571. The molecule has 0 fully saturated rings. The van der Waals surface area contributed by atoms with Crippen LogP contribution in [0.2, 0.25) is 0 Å². The Bertz CT molecular complexity index is 504. The fourth-order valence-corrected chi connectivity index (χ4v) is 2.87. The molecule has 0 amide bonds. The molecule has 0 aromatic heterocycles. The van der Waals surface area contributed by atoms with Crippen molar-refractivity contribution in [1.29, 1.82) is 0 Å². The fourth-order valence-electron chi connectivity index (χ4n) is 2.87. The van der Waals surface area contributed by atoms with E-state index < -0.39 is 24.9 Å². The lowest BCUT2D eigenvalue weighted by Crippen LogP contribution is -2.40. The van der Waals surface area contributed by atoms with Crippen LogP contribution in [0.1, 0.15) is 42.0 Å². The molecule has 1 aliphatic rings. The smallest absolute Gasteiger partial charge is 0.319 e. The number of phenols is 1. The van der Waals surface area contributed by atoms with Crippen LogP contribution < -0.4 is 5.32 Å². The highest BCUT2D eigenvalue weighted by Crippen LogP contribution is 2.46. The summed E-state index contributed by atoms with van der Waals surface area (Å²) in [6.45, 7) is 2.71. The molecule has 0 heterocycles. The van der Waals surface area contributed by atoms with Gasteiger partial charge in [-0.1, -0.05) is 13.0 Å². The zero-order chi connectivity index (χ0) is 15.1. The first-order valence-electron chi connectivity index (χ1n) is 6.45. The van der Waals surface area contributed by atoms with Crippen molar-refractivity contribution < 1.29 is 22.7 Å². The highest BCUT2D eigenvalue weighted by Gasteiger charge is 2.42. The van der Waals surface area contributed by atoms with Gasteiger partial charge < -0.3 is 10.4 Å². The minimum absolute atomic E-state index is 0.0211. The molecule has 1 aromatic rings. The van der Waals surface area contributed by atoms with E-state index >= 15 is 0 Å². The molecular weight excluding hydrogens is 274 g/mol. The number of aromatic hydroxyl groups is 1. The van der Waals surface area contributed by atoms with Crippen molar-refractivity contribution in [1.82, 2.24) is 5.32 Å². The van der Waals surface area contributed by atoms with E-state index in [1.807, 2.05) is 13.8 Å². The van der Waals surface area contributed by atoms with Gasteiger partial charge in [-0.15, -0.1) is 0 Å². The van der Waals surface area contributed by atoms with Gasteiger partial charge in [0.25, 0.3) is 0 Å². The molecule has 6 heteroatoms. The Morgan fingerprint density at radius 2 is 2.00 bits per heavy atom. The zero-order valence-electron chi connectivity index (χ0n) is 11.3. The summed E-state index contributed by atoms with van der Waals surface area (Å²) >= 11 is 0. The molecule has 0 aliphatic heterocycles. The molecule has 0 bridgehead atoms. The lowest BCUT2D eigenvalue weighted by Gasteiger charge is -2.20. The summed E-state index contributed by atoms with van der Waals surface area (Å²) in [5.41, 5.74) is 2.45. The summed E-state index contributed by atoms with van der Waals surface area (Å²) < 4.78 is 50.3. The number of phenolic OH excluding ortho intramolecular Hbond substituents is 1. The standard InChI is InChI=1S/C14H17F4NO/c1-7-3-4-10(20)12-9(5-8(2)11(7)12)19-6-14(17,18)13(15)16/h3-4,8-9,13,19-20H,5-6H2,1-2H3. The average Bonchev–Trinajstić information content (AvgIpc) is 2.70. The Labute approximate surface area is 114 Å². The molecule has 112 valence electrons. The van der Waals surface area contributed by atoms with Gasteiger partial charge in [0.05, 0.1) is 6.54 Å². The summed E-state index contributed by atoms with van der Waals surface area (Å²) in [5.74, 6) is -3.95. The van der Waals surface area contributed by atoms with Crippen molar-refractivity contribution in [3.05, 3.63) is 28.8 Å². The number of rotatable bonds is 4. The number of hydrogen-bond acceptors (Lipinski definition) is 2. The van der Waals surface area contributed by atoms with E-state index in [9.17, 15) is 22.7 Å². The molecule has 1 aromatic carbocycles. The second-order valence-corrected chi connectivity index (χ2v) is 5.36. The first kappa shape index (κ1) is 15.1. The summed E-state index contributed by atoms with van der Waals surface area (Å²) in [7, 11) is 0. The molecule has 2 unspecified atom stereocenters. The van der Waals surface area contributed by atoms with Gasteiger partial charge in [-0.3, -0.25) is 0 Å². The van der Waals surface area contributed by atoms with E-state index in [0.29, 0.717) is 12.0 Å². The van der Waals surface area contributed by atoms with Gasteiger partial charge in [-0.05, 0) is 36.5 Å². The van der Waals surface area contributed by atoms with Crippen LogP contribution in [0.15, 0.2) is 12.1 Å². The maximum Gasteiger partial charge on any atom is 0.319 e. The summed E-state index contributed by atoms with van der Waals surface area (Å²) in [6, 6.07) is 2.75. The maximum absolute atomic E-state index is 13.0. The monoisotopic (exact) mass is 291 g/mol. The molecule has 1 aliphatic carbocycles. The first-order valence-corrected chi connectivity index (χ1v) is 6.45. The van der Waals surface area contributed by atoms with Gasteiger partial charge >= 0.3 is 12.3 Å². The van der Waals surface area contributed by atoms with E-state index in [1.165, 1.54) is 6.07 Å². The number of halogens is 4. The summed E-state index contributed by atoms with van der Waals surface area (Å²) in [5, 5.41) is 12.4. The van der Waals surface area contributed by atoms with Crippen molar-refractivity contribution in [2.45, 2.75) is 44.6 Å². The summed E-state index contributed by atoms with van der Waals surface area (Å²) in [6.07, 6.45) is -3.19. The third-order valence-corrected chi connectivity index (χ3v) is 3.82. The van der Waals surface area contributed by atoms with Gasteiger partial charge in [-0.2, -0.15) is 8.78 Å². The van der Waals surface area contributed by atoms with Gasteiger partial charge in [-0.25, -0.2) is 8.78 Å². The van der Waals surface area contributed by atoms with Crippen molar-refractivity contribution in [2.24, 2.45) is 0 Å². The number of aryl methyl sites for hydroxylation is 1. The first-order chi connectivity index (χ1) is 9.24. The third-order valence-electron chi connectivity index (χ3n) is 3.82.